The van der Waals surface area contributed by atoms with Crippen molar-refractivity contribution in [1.82, 2.24) is 14.7 Å². The summed E-state index contributed by atoms with van der Waals surface area (Å²) in [6.07, 6.45) is 12.0. The molecule has 1 aliphatic carbocycles. The number of aromatic nitrogens is 2. The Balaban J connectivity index is 1.72. The molecule has 2 heterocycles. The Morgan fingerprint density at radius 2 is 2.22 bits per heavy atom. The molecule has 0 radical (unpaired) electrons. The number of aryl methyl sites for hydroxylation is 1. The van der Waals surface area contributed by atoms with Gasteiger partial charge < -0.3 is 5.32 Å². The molecule has 2 aromatic rings. The lowest BCUT2D eigenvalue weighted by Gasteiger charge is -2.13. The molecule has 0 fully saturated rings. The summed E-state index contributed by atoms with van der Waals surface area (Å²) in [5.74, 6) is -0.0106. The summed E-state index contributed by atoms with van der Waals surface area (Å²) < 4.78 is 1.90. The Kier molecular flexibility index (Phi) is 5.11. The van der Waals surface area contributed by atoms with Crippen molar-refractivity contribution >= 4 is 11.6 Å². The predicted octanol–water partition coefficient (Wildman–Crippen LogP) is 3.91. The number of nitrogens with zero attached hydrogens (tertiary/aromatic N) is 2. The Morgan fingerprint density at radius 1 is 1.30 bits per heavy atom. The van der Waals surface area contributed by atoms with Gasteiger partial charge in [-0.25, -0.2) is 4.98 Å². The molecule has 0 saturated carbocycles. The lowest BCUT2D eigenvalue weighted by Crippen LogP contribution is -2.27. The number of hydrogen-bond donors (Lipinski definition) is 1. The zero-order valence-electron chi connectivity index (χ0n) is 13.8. The molecule has 3 rings (SSSR count). The van der Waals surface area contributed by atoms with Crippen LogP contribution in [0.5, 0.6) is 0 Å². The molecule has 0 bridgehead atoms. The molecule has 0 atom stereocenters. The van der Waals surface area contributed by atoms with E-state index in [4.69, 9.17) is 0 Å². The summed E-state index contributed by atoms with van der Waals surface area (Å²) >= 11 is 0. The maximum Gasteiger partial charge on any atom is 0.270 e. The summed E-state index contributed by atoms with van der Waals surface area (Å²) in [6.45, 7) is 2.82. The Morgan fingerprint density at radius 3 is 3.00 bits per heavy atom. The first-order valence-corrected chi connectivity index (χ1v) is 8.71. The topological polar surface area (TPSA) is 46.4 Å². The molecule has 0 aromatic carbocycles. The Bertz CT molecular complexity index is 714. The van der Waals surface area contributed by atoms with E-state index >= 15 is 0 Å². The van der Waals surface area contributed by atoms with Gasteiger partial charge in [0.25, 0.3) is 5.91 Å². The predicted molar refractivity (Wildman–Crippen MR) is 92.7 cm³/mol. The van der Waals surface area contributed by atoms with Crippen LogP contribution in [0.15, 0.2) is 36.0 Å². The number of allylic oxidation sites excluding steroid dienone is 1. The highest BCUT2D eigenvalue weighted by molar-refractivity contribution is 5.94. The smallest absolute Gasteiger partial charge is 0.270 e. The second-order valence-corrected chi connectivity index (χ2v) is 6.20. The first-order valence-electron chi connectivity index (χ1n) is 8.71. The van der Waals surface area contributed by atoms with Crippen LogP contribution in [0.4, 0.5) is 0 Å². The van der Waals surface area contributed by atoms with Crippen LogP contribution in [-0.2, 0) is 6.42 Å². The fraction of sp³-hybridized carbons (Fsp3) is 0.474. The Labute approximate surface area is 137 Å². The van der Waals surface area contributed by atoms with Gasteiger partial charge in [0.05, 0.1) is 5.69 Å². The fourth-order valence-electron chi connectivity index (χ4n) is 3.25. The average molecular weight is 311 g/mol. The third-order valence-electron chi connectivity index (χ3n) is 4.42. The van der Waals surface area contributed by atoms with Crippen molar-refractivity contribution < 1.29 is 4.79 Å². The second-order valence-electron chi connectivity index (χ2n) is 6.20. The van der Waals surface area contributed by atoms with Gasteiger partial charge in [-0.1, -0.05) is 31.1 Å². The maximum absolute atomic E-state index is 12.7. The molecule has 23 heavy (non-hydrogen) atoms. The number of imidazole rings is 1. The third kappa shape index (κ3) is 3.63. The van der Waals surface area contributed by atoms with Crippen molar-refractivity contribution in [2.45, 2.75) is 51.9 Å². The summed E-state index contributed by atoms with van der Waals surface area (Å²) in [5, 5.41) is 3.08. The molecule has 0 spiro atoms. The van der Waals surface area contributed by atoms with Crippen LogP contribution in [0.3, 0.4) is 0 Å². The number of amides is 1. The maximum atomic E-state index is 12.7. The summed E-state index contributed by atoms with van der Waals surface area (Å²) in [6, 6.07) is 5.84. The normalized spacial score (nSPS) is 14.7. The highest BCUT2D eigenvalue weighted by Crippen LogP contribution is 2.19. The average Bonchev–Trinajstić information content (AvgIpc) is 2.94. The van der Waals surface area contributed by atoms with E-state index in [1.807, 2.05) is 28.8 Å². The first-order chi connectivity index (χ1) is 11.3. The highest BCUT2D eigenvalue weighted by Gasteiger charge is 2.18. The third-order valence-corrected chi connectivity index (χ3v) is 4.42. The minimum atomic E-state index is -0.0106. The highest BCUT2D eigenvalue weighted by atomic mass is 16.1. The van der Waals surface area contributed by atoms with Gasteiger partial charge in [-0.05, 0) is 50.7 Å². The number of carbonyl (C=O) groups is 1. The first kappa shape index (κ1) is 15.8. The van der Waals surface area contributed by atoms with Crippen molar-refractivity contribution in [3.63, 3.8) is 0 Å². The lowest BCUT2D eigenvalue weighted by atomic mass is 9.97. The molecule has 2 aromatic heterocycles. The van der Waals surface area contributed by atoms with E-state index in [1.54, 1.807) is 0 Å². The monoisotopic (exact) mass is 311 g/mol. The van der Waals surface area contributed by atoms with Gasteiger partial charge >= 0.3 is 0 Å². The largest absolute Gasteiger partial charge is 0.350 e. The number of rotatable bonds is 6. The molecule has 0 unspecified atom stereocenters. The Hall–Kier alpha value is -2.10. The summed E-state index contributed by atoms with van der Waals surface area (Å²) in [7, 11) is 0. The number of hydrogen-bond acceptors (Lipinski definition) is 2. The van der Waals surface area contributed by atoms with Gasteiger partial charge in [0.15, 0.2) is 0 Å². The van der Waals surface area contributed by atoms with Crippen molar-refractivity contribution in [2.24, 2.45) is 0 Å². The summed E-state index contributed by atoms with van der Waals surface area (Å²) in [5.41, 5.74) is 3.92. The molecule has 1 amide bonds. The summed E-state index contributed by atoms with van der Waals surface area (Å²) in [4.78, 5) is 17.3. The number of pyridine rings is 1. The fourth-order valence-corrected chi connectivity index (χ4v) is 3.25. The lowest BCUT2D eigenvalue weighted by molar-refractivity contribution is 0.0947. The minimum Gasteiger partial charge on any atom is -0.350 e. The number of fused-ring (bicyclic) bond motifs is 1. The van der Waals surface area contributed by atoms with Gasteiger partial charge in [-0.3, -0.25) is 9.20 Å². The van der Waals surface area contributed by atoms with E-state index < -0.39 is 0 Å². The number of carbonyl (C=O) groups excluding carboxylic acids is 1. The van der Waals surface area contributed by atoms with Crippen molar-refractivity contribution in [3.05, 3.63) is 47.4 Å². The van der Waals surface area contributed by atoms with E-state index in [-0.39, 0.29) is 5.91 Å². The standard InChI is InChI=1S/C19H25N3O/c1-2-8-16-18(22-14-7-6-11-17(22)21-16)19(23)20-13-12-15-9-4-3-5-10-15/h6-7,9,11,14H,2-5,8,10,12-13H2,1H3,(H,20,23). The van der Waals surface area contributed by atoms with Crippen LogP contribution in [-0.4, -0.2) is 21.8 Å². The van der Waals surface area contributed by atoms with Gasteiger partial charge in [0, 0.05) is 12.7 Å². The van der Waals surface area contributed by atoms with Crippen LogP contribution in [0.1, 0.15) is 61.6 Å². The van der Waals surface area contributed by atoms with Gasteiger partial charge in [0.1, 0.15) is 11.3 Å². The zero-order chi connectivity index (χ0) is 16.1. The van der Waals surface area contributed by atoms with Crippen LogP contribution >= 0.6 is 0 Å². The molecule has 0 saturated heterocycles. The van der Waals surface area contributed by atoms with Crippen LogP contribution in [0, 0.1) is 0 Å². The molecule has 1 aliphatic rings. The van der Waals surface area contributed by atoms with Crippen molar-refractivity contribution in [2.75, 3.05) is 6.54 Å². The molecule has 1 N–H and O–H groups in total. The van der Waals surface area contributed by atoms with Gasteiger partial charge in [0.2, 0.25) is 0 Å². The molecular formula is C19H25N3O. The van der Waals surface area contributed by atoms with E-state index in [1.165, 1.54) is 31.3 Å². The number of nitrogens with one attached hydrogen (secondary N) is 1. The van der Waals surface area contributed by atoms with Crippen LogP contribution < -0.4 is 5.32 Å². The van der Waals surface area contributed by atoms with E-state index in [2.05, 4.69) is 23.3 Å². The van der Waals surface area contributed by atoms with Crippen molar-refractivity contribution in [3.8, 4) is 0 Å². The SMILES string of the molecule is CCCc1nc2ccccn2c1C(=O)NCCC1=CCCCC1. The van der Waals surface area contributed by atoms with Gasteiger partial charge in [-0.15, -0.1) is 0 Å². The van der Waals surface area contributed by atoms with Gasteiger partial charge in [-0.2, -0.15) is 0 Å². The van der Waals surface area contributed by atoms with Crippen molar-refractivity contribution in [1.29, 1.82) is 0 Å². The quantitative estimate of drug-likeness (QED) is 0.822. The van der Waals surface area contributed by atoms with E-state index in [9.17, 15) is 4.79 Å². The zero-order valence-corrected chi connectivity index (χ0v) is 13.8. The van der Waals surface area contributed by atoms with Crippen LogP contribution in [0.25, 0.3) is 5.65 Å². The molecule has 4 nitrogen and oxygen atoms in total. The molecular weight excluding hydrogens is 286 g/mol. The second kappa shape index (κ2) is 7.44. The van der Waals surface area contributed by atoms with E-state index in [0.29, 0.717) is 12.2 Å². The molecule has 122 valence electrons. The molecule has 0 aliphatic heterocycles. The van der Waals surface area contributed by atoms with E-state index in [0.717, 1.165) is 30.6 Å². The molecule has 4 heteroatoms. The minimum absolute atomic E-state index is 0.0106. The van der Waals surface area contributed by atoms with Crippen LogP contribution in [0.2, 0.25) is 0 Å².